The van der Waals surface area contributed by atoms with Crippen molar-refractivity contribution in [2.24, 2.45) is 0 Å². The molecule has 1 aromatic heterocycles. The highest BCUT2D eigenvalue weighted by Crippen LogP contribution is 2.33. The Morgan fingerprint density at radius 3 is 2.67 bits per heavy atom. The molecule has 0 radical (unpaired) electrons. The quantitative estimate of drug-likeness (QED) is 0.812. The molecule has 108 valence electrons. The van der Waals surface area contributed by atoms with Gasteiger partial charge in [-0.25, -0.2) is 4.98 Å². The number of benzene rings is 1. The molecule has 0 fully saturated rings. The van der Waals surface area contributed by atoms with E-state index in [0.717, 1.165) is 23.5 Å². The van der Waals surface area contributed by atoms with Crippen LogP contribution in [-0.4, -0.2) is 21.2 Å². The first-order chi connectivity index (χ1) is 10.0. The van der Waals surface area contributed by atoms with E-state index in [2.05, 4.69) is 4.98 Å². The van der Waals surface area contributed by atoms with Crippen LogP contribution in [0, 0.1) is 13.8 Å². The Kier molecular flexibility index (Phi) is 3.12. The Morgan fingerprint density at radius 1 is 1.19 bits per heavy atom. The van der Waals surface area contributed by atoms with Crippen molar-refractivity contribution in [1.29, 1.82) is 0 Å². The average Bonchev–Trinajstić information content (AvgIpc) is 2.97. The summed E-state index contributed by atoms with van der Waals surface area (Å²) >= 11 is 0. The van der Waals surface area contributed by atoms with Crippen molar-refractivity contribution in [2.75, 3.05) is 4.90 Å². The molecule has 0 N–H and O–H groups in total. The molecule has 0 saturated carbocycles. The maximum Gasteiger partial charge on any atom is 0.299 e. The molecule has 2 aromatic rings. The van der Waals surface area contributed by atoms with Gasteiger partial charge in [0.25, 0.3) is 11.7 Å². The number of amides is 1. The van der Waals surface area contributed by atoms with Gasteiger partial charge in [0.15, 0.2) is 0 Å². The van der Waals surface area contributed by atoms with Crippen LogP contribution in [0.2, 0.25) is 0 Å². The maximum absolute atomic E-state index is 12.3. The molecule has 5 heteroatoms. The second-order valence-corrected chi connectivity index (χ2v) is 5.33. The van der Waals surface area contributed by atoms with Gasteiger partial charge in [-0.1, -0.05) is 6.07 Å². The highest BCUT2D eigenvalue weighted by molar-refractivity contribution is 6.52. The number of rotatable bonds is 3. The van der Waals surface area contributed by atoms with E-state index in [1.807, 2.05) is 43.7 Å². The molecule has 2 heterocycles. The Bertz CT molecular complexity index is 746. The molecule has 21 heavy (non-hydrogen) atoms. The number of imidazole rings is 1. The lowest BCUT2D eigenvalue weighted by Crippen LogP contribution is -2.30. The van der Waals surface area contributed by atoms with Crippen LogP contribution in [0.15, 0.2) is 24.5 Å². The molecule has 0 unspecified atom stereocenters. The van der Waals surface area contributed by atoms with E-state index in [1.54, 1.807) is 6.20 Å². The number of hydrogen-bond acceptors (Lipinski definition) is 3. The Hall–Kier alpha value is -2.43. The van der Waals surface area contributed by atoms with Crippen LogP contribution in [0.1, 0.15) is 34.2 Å². The monoisotopic (exact) mass is 283 g/mol. The number of fused-ring (bicyclic) bond motifs is 1. The molecule has 1 amide bonds. The number of Topliss-reactive ketones (excluding diaryl/α,β-unsaturated/α-hetero) is 1. The number of nitrogens with zero attached hydrogens (tertiary/aromatic N) is 3. The lowest BCUT2D eigenvalue weighted by atomic mass is 10.0. The minimum Gasteiger partial charge on any atom is -0.334 e. The molecule has 0 bridgehead atoms. The molecule has 3 rings (SSSR count). The molecule has 1 aliphatic rings. The number of aryl methyl sites for hydroxylation is 3. The van der Waals surface area contributed by atoms with Crippen LogP contribution in [-0.2, 0) is 17.9 Å². The van der Waals surface area contributed by atoms with Crippen molar-refractivity contribution >= 4 is 17.4 Å². The van der Waals surface area contributed by atoms with Gasteiger partial charge in [0.1, 0.15) is 5.82 Å². The molecule has 1 aromatic carbocycles. The van der Waals surface area contributed by atoms with Crippen LogP contribution in [0.25, 0.3) is 0 Å². The number of carbonyl (C=O) groups is 2. The Labute approximate surface area is 123 Å². The predicted molar refractivity (Wildman–Crippen MR) is 79.3 cm³/mol. The highest BCUT2D eigenvalue weighted by atomic mass is 16.2. The number of aromatic nitrogens is 2. The summed E-state index contributed by atoms with van der Waals surface area (Å²) in [6, 6.07) is 3.82. The minimum atomic E-state index is -0.468. The molecule has 0 atom stereocenters. The molecule has 0 saturated heterocycles. The van der Waals surface area contributed by atoms with E-state index in [4.69, 9.17) is 0 Å². The molecule has 5 nitrogen and oxygen atoms in total. The molecule has 0 aliphatic carbocycles. The predicted octanol–water partition coefficient (Wildman–Crippen LogP) is 2.25. The first-order valence-corrected chi connectivity index (χ1v) is 7.00. The van der Waals surface area contributed by atoms with Crippen LogP contribution in [0.4, 0.5) is 5.69 Å². The van der Waals surface area contributed by atoms with Gasteiger partial charge in [-0.05, 0) is 38.0 Å². The molecule has 1 aliphatic heterocycles. The van der Waals surface area contributed by atoms with Gasteiger partial charge in [0.05, 0.1) is 17.8 Å². The summed E-state index contributed by atoms with van der Waals surface area (Å²) in [4.78, 5) is 30.3. The molecular weight excluding hydrogens is 266 g/mol. The zero-order valence-corrected chi connectivity index (χ0v) is 12.4. The Balaban J connectivity index is 2.06. The zero-order valence-electron chi connectivity index (χ0n) is 12.4. The summed E-state index contributed by atoms with van der Waals surface area (Å²) in [5.41, 5.74) is 3.12. The average molecular weight is 283 g/mol. The third-order valence-corrected chi connectivity index (χ3v) is 3.86. The number of anilines is 1. The van der Waals surface area contributed by atoms with Crippen LogP contribution in [0.5, 0.6) is 0 Å². The van der Waals surface area contributed by atoms with Crippen molar-refractivity contribution < 1.29 is 9.59 Å². The topological polar surface area (TPSA) is 55.2 Å². The molecule has 0 spiro atoms. The van der Waals surface area contributed by atoms with Crippen molar-refractivity contribution in [2.45, 2.75) is 33.9 Å². The molecular formula is C16H17N3O2. The number of ketones is 1. The third kappa shape index (κ3) is 2.05. The van der Waals surface area contributed by atoms with Gasteiger partial charge in [0.2, 0.25) is 0 Å². The minimum absolute atomic E-state index is 0.321. The fourth-order valence-electron chi connectivity index (χ4n) is 2.87. The van der Waals surface area contributed by atoms with Gasteiger partial charge < -0.3 is 4.57 Å². The normalized spacial score (nSPS) is 14.0. The smallest absolute Gasteiger partial charge is 0.299 e. The largest absolute Gasteiger partial charge is 0.334 e. The summed E-state index contributed by atoms with van der Waals surface area (Å²) in [5, 5.41) is 0. The van der Waals surface area contributed by atoms with Gasteiger partial charge in [-0.2, -0.15) is 0 Å². The summed E-state index contributed by atoms with van der Waals surface area (Å²) in [5.74, 6) is -0.105. The van der Waals surface area contributed by atoms with Crippen LogP contribution >= 0.6 is 0 Å². The second kappa shape index (κ2) is 4.84. The third-order valence-electron chi connectivity index (χ3n) is 3.86. The second-order valence-electron chi connectivity index (χ2n) is 5.33. The van der Waals surface area contributed by atoms with Gasteiger partial charge in [-0.15, -0.1) is 0 Å². The summed E-state index contributed by atoms with van der Waals surface area (Å²) in [7, 11) is 0. The fraction of sp³-hybridized carbons (Fsp3) is 0.312. The van der Waals surface area contributed by atoms with Gasteiger partial charge in [0, 0.05) is 18.9 Å². The first-order valence-electron chi connectivity index (χ1n) is 7.00. The SMILES string of the molecule is CCn1ccnc1CN1C(=O)C(=O)c2c(C)cc(C)cc21. The zero-order chi connectivity index (χ0) is 15.1. The van der Waals surface area contributed by atoms with Crippen molar-refractivity contribution in [3.8, 4) is 0 Å². The highest BCUT2D eigenvalue weighted by Gasteiger charge is 2.37. The van der Waals surface area contributed by atoms with Crippen LogP contribution < -0.4 is 4.90 Å². The summed E-state index contributed by atoms with van der Waals surface area (Å²) < 4.78 is 1.97. The van der Waals surface area contributed by atoms with Crippen molar-refractivity contribution in [1.82, 2.24) is 9.55 Å². The maximum atomic E-state index is 12.3. The Morgan fingerprint density at radius 2 is 1.95 bits per heavy atom. The van der Waals surface area contributed by atoms with Crippen LogP contribution in [0.3, 0.4) is 0 Å². The number of hydrogen-bond donors (Lipinski definition) is 0. The standard InChI is InChI=1S/C16H17N3O2/c1-4-18-6-5-17-13(18)9-19-12-8-10(2)7-11(3)14(12)15(20)16(19)21/h5-8H,4,9H2,1-3H3. The van der Waals surface area contributed by atoms with E-state index < -0.39 is 11.7 Å². The van der Waals surface area contributed by atoms with E-state index in [-0.39, 0.29) is 0 Å². The van der Waals surface area contributed by atoms with Gasteiger partial charge >= 0.3 is 0 Å². The van der Waals surface area contributed by atoms with Crippen molar-refractivity contribution in [3.63, 3.8) is 0 Å². The fourth-order valence-corrected chi connectivity index (χ4v) is 2.87. The summed E-state index contributed by atoms with van der Waals surface area (Å²) in [6.07, 6.45) is 3.59. The van der Waals surface area contributed by atoms with E-state index >= 15 is 0 Å². The van der Waals surface area contributed by atoms with E-state index in [0.29, 0.717) is 17.8 Å². The first kappa shape index (κ1) is 13.5. The van der Waals surface area contributed by atoms with E-state index in [1.165, 1.54) is 4.90 Å². The van der Waals surface area contributed by atoms with E-state index in [9.17, 15) is 9.59 Å². The lowest BCUT2D eigenvalue weighted by molar-refractivity contribution is -0.114. The summed E-state index contributed by atoms with van der Waals surface area (Å²) in [6.45, 7) is 6.95. The lowest BCUT2D eigenvalue weighted by Gasteiger charge is -2.17. The van der Waals surface area contributed by atoms with Crippen molar-refractivity contribution in [3.05, 3.63) is 47.0 Å². The number of carbonyl (C=O) groups excluding carboxylic acids is 2. The van der Waals surface area contributed by atoms with Gasteiger partial charge in [-0.3, -0.25) is 14.5 Å².